The third-order valence-electron chi connectivity index (χ3n) is 4.06. The molecule has 3 nitrogen and oxygen atoms in total. The molecular weight excluding hydrogens is 298 g/mol. The second-order valence-corrected chi connectivity index (χ2v) is 6.20. The quantitative estimate of drug-likeness (QED) is 0.713. The molecule has 0 saturated carbocycles. The maximum Gasteiger partial charge on any atom is 0.220 e. The van der Waals surface area contributed by atoms with Gasteiger partial charge in [-0.1, -0.05) is 54.4 Å². The van der Waals surface area contributed by atoms with E-state index in [0.29, 0.717) is 19.4 Å². The van der Waals surface area contributed by atoms with Crippen molar-refractivity contribution in [1.82, 2.24) is 5.32 Å². The molecule has 1 atom stereocenters. The Labute approximate surface area is 145 Å². The van der Waals surface area contributed by atoms with E-state index in [0.717, 1.165) is 17.7 Å². The van der Waals surface area contributed by atoms with Crippen LogP contribution in [0.5, 0.6) is 5.75 Å². The van der Waals surface area contributed by atoms with Gasteiger partial charge in [0.25, 0.3) is 0 Å². The van der Waals surface area contributed by atoms with E-state index < -0.39 is 0 Å². The van der Waals surface area contributed by atoms with Crippen molar-refractivity contribution in [1.29, 1.82) is 0 Å². The molecule has 0 aliphatic heterocycles. The van der Waals surface area contributed by atoms with Crippen molar-refractivity contribution in [3.63, 3.8) is 0 Å². The first kappa shape index (κ1) is 18.1. The highest BCUT2D eigenvalue weighted by atomic mass is 16.5. The van der Waals surface area contributed by atoms with Crippen LogP contribution in [0.4, 0.5) is 0 Å². The zero-order valence-corrected chi connectivity index (χ0v) is 14.8. The van der Waals surface area contributed by atoms with Crippen LogP contribution in [0.15, 0.2) is 48.5 Å². The number of carbonyl (C=O) groups is 1. The van der Waals surface area contributed by atoms with Crippen molar-refractivity contribution in [3.05, 3.63) is 65.2 Å². The molecule has 0 radical (unpaired) electrons. The molecular formula is C21H27NO2. The van der Waals surface area contributed by atoms with Gasteiger partial charge in [-0.15, -0.1) is 0 Å². The van der Waals surface area contributed by atoms with E-state index in [1.165, 1.54) is 11.1 Å². The van der Waals surface area contributed by atoms with Gasteiger partial charge in [0.1, 0.15) is 5.75 Å². The molecule has 1 amide bonds. The smallest absolute Gasteiger partial charge is 0.220 e. The van der Waals surface area contributed by atoms with E-state index in [-0.39, 0.29) is 11.9 Å². The second kappa shape index (κ2) is 9.11. The Morgan fingerprint density at radius 1 is 1.00 bits per heavy atom. The van der Waals surface area contributed by atoms with Crippen LogP contribution < -0.4 is 10.1 Å². The van der Waals surface area contributed by atoms with Crippen LogP contribution in [0.1, 0.15) is 48.9 Å². The van der Waals surface area contributed by atoms with E-state index in [2.05, 4.69) is 43.4 Å². The summed E-state index contributed by atoms with van der Waals surface area (Å²) in [6.45, 7) is 6.76. The molecule has 24 heavy (non-hydrogen) atoms. The van der Waals surface area contributed by atoms with Crippen molar-refractivity contribution in [2.75, 3.05) is 6.61 Å². The molecule has 2 aromatic carbocycles. The summed E-state index contributed by atoms with van der Waals surface area (Å²) >= 11 is 0. The molecule has 0 aliphatic carbocycles. The number of benzene rings is 2. The van der Waals surface area contributed by atoms with Crippen molar-refractivity contribution >= 4 is 5.91 Å². The predicted molar refractivity (Wildman–Crippen MR) is 98.3 cm³/mol. The molecule has 0 aliphatic rings. The first-order valence-electron chi connectivity index (χ1n) is 8.64. The number of rotatable bonds is 8. The minimum absolute atomic E-state index is 0.0786. The summed E-state index contributed by atoms with van der Waals surface area (Å²) in [4.78, 5) is 12.1. The Morgan fingerprint density at radius 2 is 1.58 bits per heavy atom. The molecule has 2 rings (SSSR count). The van der Waals surface area contributed by atoms with E-state index in [4.69, 9.17) is 4.74 Å². The zero-order chi connectivity index (χ0) is 17.4. The van der Waals surface area contributed by atoms with E-state index >= 15 is 0 Å². The number of carbonyl (C=O) groups excluding carboxylic acids is 1. The van der Waals surface area contributed by atoms with Gasteiger partial charge in [0.15, 0.2) is 0 Å². The number of aryl methyl sites for hydroxylation is 2. The first-order chi connectivity index (χ1) is 11.6. The van der Waals surface area contributed by atoms with Gasteiger partial charge in [-0.05, 0) is 44.4 Å². The molecule has 2 aromatic rings. The van der Waals surface area contributed by atoms with E-state index in [1.54, 1.807) is 0 Å². The molecule has 0 fully saturated rings. The predicted octanol–water partition coefficient (Wildman–Crippen LogP) is 4.73. The maximum atomic E-state index is 12.1. The van der Waals surface area contributed by atoms with Crippen LogP contribution in [0.25, 0.3) is 0 Å². The van der Waals surface area contributed by atoms with Gasteiger partial charge >= 0.3 is 0 Å². The topological polar surface area (TPSA) is 38.3 Å². The number of nitrogens with one attached hydrogen (secondary N) is 1. The Bertz CT molecular complexity index is 632. The molecule has 0 aromatic heterocycles. The Morgan fingerprint density at radius 3 is 2.17 bits per heavy atom. The Balaban J connectivity index is 1.73. The lowest BCUT2D eigenvalue weighted by molar-refractivity contribution is -0.122. The van der Waals surface area contributed by atoms with Crippen LogP contribution in [-0.2, 0) is 4.79 Å². The highest BCUT2D eigenvalue weighted by molar-refractivity contribution is 5.76. The molecule has 0 heterocycles. The van der Waals surface area contributed by atoms with Crippen molar-refractivity contribution in [3.8, 4) is 5.75 Å². The molecule has 128 valence electrons. The van der Waals surface area contributed by atoms with E-state index in [1.807, 2.05) is 31.2 Å². The lowest BCUT2D eigenvalue weighted by Gasteiger charge is -2.18. The molecule has 0 saturated heterocycles. The number of hydrogen-bond acceptors (Lipinski definition) is 2. The molecule has 3 heteroatoms. The Hall–Kier alpha value is -2.29. The standard InChI is InChI=1S/C21H27NO2/c1-4-20(18-11-7-16(2)8-12-18)22-21(23)6-5-15-24-19-13-9-17(3)10-14-19/h7-14,20H,4-6,15H2,1-3H3,(H,22,23)/t20-/m1/s1. The number of hydrogen-bond donors (Lipinski definition) is 1. The highest BCUT2D eigenvalue weighted by Gasteiger charge is 2.12. The third-order valence-corrected chi connectivity index (χ3v) is 4.06. The third kappa shape index (κ3) is 5.73. The van der Waals surface area contributed by atoms with Gasteiger partial charge in [-0.3, -0.25) is 4.79 Å². The van der Waals surface area contributed by atoms with Crippen molar-refractivity contribution in [2.24, 2.45) is 0 Å². The fourth-order valence-electron chi connectivity index (χ4n) is 2.54. The van der Waals surface area contributed by atoms with Gasteiger partial charge in [-0.2, -0.15) is 0 Å². The zero-order valence-electron chi connectivity index (χ0n) is 14.8. The summed E-state index contributed by atoms with van der Waals surface area (Å²) < 4.78 is 5.66. The van der Waals surface area contributed by atoms with Gasteiger partial charge in [0.05, 0.1) is 12.6 Å². The summed E-state index contributed by atoms with van der Waals surface area (Å²) in [5.74, 6) is 0.932. The molecule has 0 bridgehead atoms. The number of amides is 1. The average molecular weight is 325 g/mol. The Kier molecular flexibility index (Phi) is 6.86. The van der Waals surface area contributed by atoms with Crippen LogP contribution in [0, 0.1) is 13.8 Å². The van der Waals surface area contributed by atoms with Crippen LogP contribution in [-0.4, -0.2) is 12.5 Å². The van der Waals surface area contributed by atoms with E-state index in [9.17, 15) is 4.79 Å². The first-order valence-corrected chi connectivity index (χ1v) is 8.64. The van der Waals surface area contributed by atoms with Gasteiger partial charge < -0.3 is 10.1 Å². The molecule has 0 spiro atoms. The fraction of sp³-hybridized carbons (Fsp3) is 0.381. The summed E-state index contributed by atoms with van der Waals surface area (Å²) in [6.07, 6.45) is 2.08. The fourth-order valence-corrected chi connectivity index (χ4v) is 2.54. The summed E-state index contributed by atoms with van der Waals surface area (Å²) in [5.41, 5.74) is 3.60. The minimum atomic E-state index is 0.0786. The summed E-state index contributed by atoms with van der Waals surface area (Å²) in [7, 11) is 0. The molecule has 0 unspecified atom stereocenters. The van der Waals surface area contributed by atoms with Gasteiger partial charge in [0, 0.05) is 6.42 Å². The lowest BCUT2D eigenvalue weighted by atomic mass is 10.0. The SMILES string of the molecule is CC[C@@H](NC(=O)CCCOc1ccc(C)cc1)c1ccc(C)cc1. The highest BCUT2D eigenvalue weighted by Crippen LogP contribution is 2.17. The minimum Gasteiger partial charge on any atom is -0.494 e. The molecule has 1 N–H and O–H groups in total. The normalized spacial score (nSPS) is 11.8. The second-order valence-electron chi connectivity index (χ2n) is 6.20. The van der Waals surface area contributed by atoms with Crippen molar-refractivity contribution < 1.29 is 9.53 Å². The number of ether oxygens (including phenoxy) is 1. The average Bonchev–Trinajstić information content (AvgIpc) is 2.59. The van der Waals surface area contributed by atoms with Gasteiger partial charge in [-0.25, -0.2) is 0 Å². The van der Waals surface area contributed by atoms with Gasteiger partial charge in [0.2, 0.25) is 5.91 Å². The summed E-state index contributed by atoms with van der Waals surface area (Å²) in [5, 5.41) is 3.11. The summed E-state index contributed by atoms with van der Waals surface area (Å²) in [6, 6.07) is 16.4. The van der Waals surface area contributed by atoms with Crippen LogP contribution in [0.2, 0.25) is 0 Å². The largest absolute Gasteiger partial charge is 0.494 e. The van der Waals surface area contributed by atoms with Crippen molar-refractivity contribution in [2.45, 2.75) is 46.1 Å². The van der Waals surface area contributed by atoms with Crippen LogP contribution in [0.3, 0.4) is 0 Å². The lowest BCUT2D eigenvalue weighted by Crippen LogP contribution is -2.28. The monoisotopic (exact) mass is 325 g/mol. The van der Waals surface area contributed by atoms with Crippen LogP contribution >= 0.6 is 0 Å². The maximum absolute atomic E-state index is 12.1.